The lowest BCUT2D eigenvalue weighted by atomic mass is 9.49. The van der Waals surface area contributed by atoms with Crippen LogP contribution in [0.1, 0.15) is 44.1 Å². The highest BCUT2D eigenvalue weighted by Gasteiger charge is 2.50. The minimum absolute atomic E-state index is 0.127. The molecule has 4 aliphatic rings. The lowest BCUT2D eigenvalue weighted by molar-refractivity contribution is -0.0496. The quantitative estimate of drug-likeness (QED) is 0.741. The second-order valence-corrected chi connectivity index (χ2v) is 8.32. The monoisotopic (exact) mass is 313 g/mol. The van der Waals surface area contributed by atoms with E-state index >= 15 is 0 Å². The average Bonchev–Trinajstić information content (AvgIpc) is 2.48. The fourth-order valence-electron chi connectivity index (χ4n) is 5.72. The Labute approximate surface area is 138 Å². The second kappa shape index (κ2) is 5.43. The lowest BCUT2D eigenvalue weighted by Gasteiger charge is -2.56. The Kier molecular flexibility index (Phi) is 3.51. The van der Waals surface area contributed by atoms with E-state index in [2.05, 4.69) is 10.6 Å². The molecule has 4 bridgehead atoms. The zero-order chi connectivity index (χ0) is 16.0. The van der Waals surface area contributed by atoms with Gasteiger partial charge in [0.05, 0.1) is 11.4 Å². The molecule has 1 aromatic carbocycles. The number of hydrogen-bond donors (Lipinski definition) is 3. The summed E-state index contributed by atoms with van der Waals surface area (Å²) in [5.41, 5.74) is 8.71. The smallest absolute Gasteiger partial charge is 0.319 e. The Morgan fingerprint density at radius 3 is 2.39 bits per heavy atom. The summed E-state index contributed by atoms with van der Waals surface area (Å²) in [6.45, 7) is 2.81. The average molecular weight is 313 g/mol. The van der Waals surface area contributed by atoms with Crippen molar-refractivity contribution < 1.29 is 4.79 Å². The molecule has 23 heavy (non-hydrogen) atoms. The minimum atomic E-state index is -0.127. The maximum Gasteiger partial charge on any atom is 0.319 e. The van der Waals surface area contributed by atoms with Gasteiger partial charge >= 0.3 is 6.03 Å². The van der Waals surface area contributed by atoms with Gasteiger partial charge in [0.1, 0.15) is 0 Å². The van der Waals surface area contributed by atoms with Crippen LogP contribution in [-0.4, -0.2) is 12.6 Å². The van der Waals surface area contributed by atoms with Gasteiger partial charge in [0.25, 0.3) is 0 Å². The number of nitrogens with two attached hydrogens (primary N) is 1. The zero-order valence-corrected chi connectivity index (χ0v) is 13.9. The van der Waals surface area contributed by atoms with Crippen LogP contribution in [0.15, 0.2) is 18.2 Å². The summed E-state index contributed by atoms with van der Waals surface area (Å²) in [6, 6.07) is 5.58. The third-order valence-electron chi connectivity index (χ3n) is 6.25. The van der Waals surface area contributed by atoms with Crippen molar-refractivity contribution in [1.82, 2.24) is 5.32 Å². The van der Waals surface area contributed by atoms with Crippen molar-refractivity contribution >= 4 is 17.4 Å². The Morgan fingerprint density at radius 2 is 1.78 bits per heavy atom. The number of carbonyl (C=O) groups is 1. The van der Waals surface area contributed by atoms with Crippen molar-refractivity contribution in [2.75, 3.05) is 17.6 Å². The Morgan fingerprint density at radius 1 is 1.17 bits per heavy atom. The van der Waals surface area contributed by atoms with Crippen LogP contribution < -0.4 is 16.4 Å². The largest absolute Gasteiger partial charge is 0.397 e. The van der Waals surface area contributed by atoms with Crippen LogP contribution >= 0.6 is 0 Å². The van der Waals surface area contributed by atoms with E-state index < -0.39 is 0 Å². The van der Waals surface area contributed by atoms with Crippen LogP contribution in [0.3, 0.4) is 0 Å². The molecule has 0 atom stereocenters. The van der Waals surface area contributed by atoms with E-state index in [9.17, 15) is 4.79 Å². The van der Waals surface area contributed by atoms with Crippen LogP contribution in [0.5, 0.6) is 0 Å². The van der Waals surface area contributed by atoms with E-state index in [1.165, 1.54) is 38.5 Å². The van der Waals surface area contributed by atoms with Crippen LogP contribution in [0.2, 0.25) is 0 Å². The molecule has 4 fully saturated rings. The summed E-state index contributed by atoms with van der Waals surface area (Å²) in [5.74, 6) is 2.75. The molecule has 5 rings (SSSR count). The van der Waals surface area contributed by atoms with Gasteiger partial charge in [0.15, 0.2) is 0 Å². The van der Waals surface area contributed by atoms with E-state index in [1.54, 1.807) is 0 Å². The first-order chi connectivity index (χ1) is 11.0. The number of amides is 2. The fourth-order valence-corrected chi connectivity index (χ4v) is 5.72. The summed E-state index contributed by atoms with van der Waals surface area (Å²) >= 11 is 0. The highest BCUT2D eigenvalue weighted by molar-refractivity contribution is 5.92. The molecule has 0 aromatic heterocycles. The van der Waals surface area contributed by atoms with Crippen LogP contribution in [0.25, 0.3) is 0 Å². The number of nitrogens with one attached hydrogen (secondary N) is 2. The molecule has 0 heterocycles. The molecule has 0 saturated heterocycles. The SMILES string of the molecule is Cc1ccc(N)c(NC(=O)NCC23CC4CC(CC(C4)C2)C3)c1. The molecular formula is C19H27N3O. The number of hydrogen-bond acceptors (Lipinski definition) is 2. The first kappa shape index (κ1) is 14.9. The second-order valence-electron chi connectivity index (χ2n) is 8.32. The van der Waals surface area contributed by atoms with E-state index in [1.807, 2.05) is 25.1 Å². The van der Waals surface area contributed by atoms with Gasteiger partial charge < -0.3 is 16.4 Å². The standard InChI is InChI=1S/C19H27N3O/c1-12-2-3-16(20)17(4-12)22-18(23)21-11-19-8-13-5-14(9-19)7-15(6-13)10-19/h2-4,13-15H,5-11,20H2,1H3,(H2,21,22,23). The molecule has 4 saturated carbocycles. The molecule has 4 N–H and O–H groups in total. The zero-order valence-electron chi connectivity index (χ0n) is 13.9. The maximum absolute atomic E-state index is 12.3. The lowest BCUT2D eigenvalue weighted by Crippen LogP contribution is -2.51. The minimum Gasteiger partial charge on any atom is -0.397 e. The van der Waals surface area contributed by atoms with Gasteiger partial charge in [-0.1, -0.05) is 6.07 Å². The van der Waals surface area contributed by atoms with Crippen molar-refractivity contribution in [2.24, 2.45) is 23.2 Å². The molecular weight excluding hydrogens is 286 g/mol. The topological polar surface area (TPSA) is 67.1 Å². The summed E-state index contributed by atoms with van der Waals surface area (Å²) in [7, 11) is 0. The highest BCUT2D eigenvalue weighted by atomic mass is 16.2. The number of carbonyl (C=O) groups excluding carboxylic acids is 1. The number of anilines is 2. The first-order valence-electron chi connectivity index (χ1n) is 8.92. The maximum atomic E-state index is 12.3. The highest BCUT2D eigenvalue weighted by Crippen LogP contribution is 2.59. The summed E-state index contributed by atoms with van der Waals surface area (Å²) in [5, 5.41) is 6.04. The fraction of sp³-hybridized carbons (Fsp3) is 0.632. The molecule has 4 heteroatoms. The number of nitrogen functional groups attached to an aromatic ring is 1. The van der Waals surface area contributed by atoms with Crippen LogP contribution in [0, 0.1) is 30.1 Å². The van der Waals surface area contributed by atoms with E-state index in [0.717, 1.165) is 29.9 Å². The third-order valence-corrected chi connectivity index (χ3v) is 6.25. The summed E-state index contributed by atoms with van der Waals surface area (Å²) < 4.78 is 0. The van der Waals surface area contributed by atoms with Crippen LogP contribution in [0.4, 0.5) is 16.2 Å². The van der Waals surface area contributed by atoms with Crippen molar-refractivity contribution in [3.8, 4) is 0 Å². The normalized spacial score (nSPS) is 34.4. The molecule has 1 aromatic rings. The molecule has 0 unspecified atom stereocenters. The van der Waals surface area contributed by atoms with Gasteiger partial charge in [-0.05, 0) is 86.3 Å². The van der Waals surface area contributed by atoms with E-state index in [-0.39, 0.29) is 6.03 Å². The van der Waals surface area contributed by atoms with Gasteiger partial charge in [-0.15, -0.1) is 0 Å². The van der Waals surface area contributed by atoms with Gasteiger partial charge in [0, 0.05) is 6.54 Å². The predicted molar refractivity (Wildman–Crippen MR) is 93.2 cm³/mol. The molecule has 4 aliphatic carbocycles. The molecule has 124 valence electrons. The number of aryl methyl sites for hydroxylation is 1. The van der Waals surface area contributed by atoms with Gasteiger partial charge in [-0.25, -0.2) is 4.79 Å². The van der Waals surface area contributed by atoms with Crippen molar-refractivity contribution in [2.45, 2.75) is 45.4 Å². The molecule has 2 amide bonds. The van der Waals surface area contributed by atoms with Gasteiger partial charge in [-0.2, -0.15) is 0 Å². The van der Waals surface area contributed by atoms with Gasteiger partial charge in [0.2, 0.25) is 0 Å². The summed E-state index contributed by atoms with van der Waals surface area (Å²) in [6.07, 6.45) is 8.24. The third kappa shape index (κ3) is 2.91. The predicted octanol–water partition coefficient (Wildman–Crippen LogP) is 3.92. The molecule has 0 spiro atoms. The van der Waals surface area contributed by atoms with Gasteiger partial charge in [-0.3, -0.25) is 0 Å². The number of rotatable bonds is 3. The van der Waals surface area contributed by atoms with E-state index in [0.29, 0.717) is 16.8 Å². The van der Waals surface area contributed by atoms with E-state index in [4.69, 9.17) is 5.73 Å². The molecule has 0 aliphatic heterocycles. The first-order valence-corrected chi connectivity index (χ1v) is 8.92. The number of benzene rings is 1. The number of urea groups is 1. The molecule has 4 nitrogen and oxygen atoms in total. The molecule has 0 radical (unpaired) electrons. The Balaban J connectivity index is 1.37. The van der Waals surface area contributed by atoms with Crippen molar-refractivity contribution in [3.63, 3.8) is 0 Å². The van der Waals surface area contributed by atoms with Crippen molar-refractivity contribution in [1.29, 1.82) is 0 Å². The Bertz CT molecular complexity index is 590. The summed E-state index contributed by atoms with van der Waals surface area (Å²) in [4.78, 5) is 12.3. The van der Waals surface area contributed by atoms with Crippen LogP contribution in [-0.2, 0) is 0 Å². The Hall–Kier alpha value is -1.71. The van der Waals surface area contributed by atoms with Crippen molar-refractivity contribution in [3.05, 3.63) is 23.8 Å².